The van der Waals surface area contributed by atoms with E-state index >= 15 is 0 Å². The fourth-order valence-corrected chi connectivity index (χ4v) is 2.38. The van der Waals surface area contributed by atoms with Crippen molar-refractivity contribution < 1.29 is 4.79 Å². The Balaban J connectivity index is 2.08. The van der Waals surface area contributed by atoms with Gasteiger partial charge >= 0.3 is 0 Å². The Hall–Kier alpha value is -2.29. The molecule has 0 heterocycles. The molecular formula is C18H22N2O. The van der Waals surface area contributed by atoms with Gasteiger partial charge in [-0.2, -0.15) is 0 Å². The molecule has 2 aromatic rings. The molecule has 3 nitrogen and oxygen atoms in total. The Kier molecular flexibility index (Phi) is 4.99. The van der Waals surface area contributed by atoms with E-state index in [-0.39, 0.29) is 5.91 Å². The lowest BCUT2D eigenvalue weighted by Crippen LogP contribution is -2.17. The number of benzene rings is 2. The predicted octanol–water partition coefficient (Wildman–Crippen LogP) is 3.53. The predicted molar refractivity (Wildman–Crippen MR) is 87.7 cm³/mol. The monoisotopic (exact) mass is 282 g/mol. The van der Waals surface area contributed by atoms with Crippen molar-refractivity contribution in [1.29, 1.82) is 0 Å². The van der Waals surface area contributed by atoms with E-state index in [4.69, 9.17) is 0 Å². The lowest BCUT2D eigenvalue weighted by Gasteiger charge is -2.14. The van der Waals surface area contributed by atoms with Crippen molar-refractivity contribution in [3.63, 3.8) is 0 Å². The lowest BCUT2D eigenvalue weighted by atomic mass is 10.1. The normalized spacial score (nSPS) is 10.2. The van der Waals surface area contributed by atoms with Crippen LogP contribution in [0.2, 0.25) is 0 Å². The van der Waals surface area contributed by atoms with Gasteiger partial charge in [0, 0.05) is 24.8 Å². The second-order valence-corrected chi connectivity index (χ2v) is 5.09. The van der Waals surface area contributed by atoms with Crippen molar-refractivity contribution in [1.82, 2.24) is 5.32 Å². The zero-order chi connectivity index (χ0) is 15.2. The van der Waals surface area contributed by atoms with E-state index in [0.717, 1.165) is 18.5 Å². The number of hydrogen-bond acceptors (Lipinski definition) is 2. The van der Waals surface area contributed by atoms with Crippen LogP contribution in [0.1, 0.15) is 34.0 Å². The van der Waals surface area contributed by atoms with Gasteiger partial charge < -0.3 is 10.6 Å². The van der Waals surface area contributed by atoms with E-state index < -0.39 is 0 Å². The molecule has 2 rings (SSSR count). The molecule has 3 heteroatoms. The van der Waals surface area contributed by atoms with Crippen molar-refractivity contribution in [3.05, 3.63) is 64.7 Å². The van der Waals surface area contributed by atoms with Gasteiger partial charge in [-0.15, -0.1) is 0 Å². The van der Waals surface area contributed by atoms with Gasteiger partial charge in [-0.25, -0.2) is 0 Å². The van der Waals surface area contributed by atoms with E-state index in [9.17, 15) is 4.79 Å². The van der Waals surface area contributed by atoms with E-state index in [1.807, 2.05) is 24.3 Å². The summed E-state index contributed by atoms with van der Waals surface area (Å²) < 4.78 is 0. The highest BCUT2D eigenvalue weighted by Gasteiger charge is 2.05. The lowest BCUT2D eigenvalue weighted by molar-refractivity contribution is 0.0963. The van der Waals surface area contributed by atoms with Crippen LogP contribution in [-0.2, 0) is 13.0 Å². The van der Waals surface area contributed by atoms with Crippen LogP contribution in [0, 0.1) is 6.92 Å². The van der Waals surface area contributed by atoms with Crippen molar-refractivity contribution in [2.24, 2.45) is 0 Å². The molecule has 0 bridgehead atoms. The van der Waals surface area contributed by atoms with Crippen LogP contribution in [0.25, 0.3) is 0 Å². The van der Waals surface area contributed by atoms with Crippen LogP contribution in [0.4, 0.5) is 5.69 Å². The highest BCUT2D eigenvalue weighted by atomic mass is 16.1. The Morgan fingerprint density at radius 1 is 1.10 bits per heavy atom. The Labute approximate surface area is 126 Å². The number of rotatable bonds is 5. The third-order valence-corrected chi connectivity index (χ3v) is 3.65. The molecule has 0 aromatic heterocycles. The third-order valence-electron chi connectivity index (χ3n) is 3.65. The van der Waals surface area contributed by atoms with Gasteiger partial charge in [0.2, 0.25) is 0 Å². The Bertz CT molecular complexity index is 618. The number of amides is 1. The van der Waals surface area contributed by atoms with Crippen LogP contribution >= 0.6 is 0 Å². The minimum atomic E-state index is -0.0540. The molecule has 2 N–H and O–H groups in total. The maximum atomic E-state index is 11.5. The number of para-hydroxylation sites is 1. The third kappa shape index (κ3) is 3.63. The first-order valence-electron chi connectivity index (χ1n) is 7.29. The van der Waals surface area contributed by atoms with Crippen molar-refractivity contribution >= 4 is 11.6 Å². The average Bonchev–Trinajstić information content (AvgIpc) is 2.53. The summed E-state index contributed by atoms with van der Waals surface area (Å²) in [6.45, 7) is 5.04. The second kappa shape index (κ2) is 6.93. The van der Waals surface area contributed by atoms with Crippen LogP contribution < -0.4 is 10.6 Å². The van der Waals surface area contributed by atoms with Crippen LogP contribution in [0.5, 0.6) is 0 Å². The van der Waals surface area contributed by atoms with Crippen LogP contribution in [-0.4, -0.2) is 13.0 Å². The zero-order valence-electron chi connectivity index (χ0n) is 12.9. The minimum Gasteiger partial charge on any atom is -0.381 e. The van der Waals surface area contributed by atoms with Gasteiger partial charge in [0.05, 0.1) is 0 Å². The minimum absolute atomic E-state index is 0.0540. The van der Waals surface area contributed by atoms with Crippen LogP contribution in [0.3, 0.4) is 0 Å². The number of nitrogens with one attached hydrogen (secondary N) is 2. The average molecular weight is 282 g/mol. The number of carbonyl (C=O) groups is 1. The molecule has 110 valence electrons. The molecule has 0 aliphatic heterocycles. The Morgan fingerprint density at radius 2 is 1.81 bits per heavy atom. The summed E-state index contributed by atoms with van der Waals surface area (Å²) in [6, 6.07) is 14.1. The van der Waals surface area contributed by atoms with Gasteiger partial charge in [-0.1, -0.05) is 37.3 Å². The zero-order valence-corrected chi connectivity index (χ0v) is 12.9. The summed E-state index contributed by atoms with van der Waals surface area (Å²) in [6.07, 6.45) is 1.01. The summed E-state index contributed by atoms with van der Waals surface area (Å²) in [5.74, 6) is -0.0540. The van der Waals surface area contributed by atoms with Gasteiger partial charge in [0.15, 0.2) is 0 Å². The van der Waals surface area contributed by atoms with Gasteiger partial charge in [0.25, 0.3) is 5.91 Å². The molecule has 2 aromatic carbocycles. The second-order valence-electron chi connectivity index (χ2n) is 5.09. The summed E-state index contributed by atoms with van der Waals surface area (Å²) in [5, 5.41) is 6.14. The van der Waals surface area contributed by atoms with Crippen molar-refractivity contribution in [3.8, 4) is 0 Å². The fourth-order valence-electron chi connectivity index (χ4n) is 2.38. The molecule has 0 atom stereocenters. The van der Waals surface area contributed by atoms with E-state index in [0.29, 0.717) is 5.56 Å². The first-order valence-corrected chi connectivity index (χ1v) is 7.29. The first-order chi connectivity index (χ1) is 10.2. The molecular weight excluding hydrogens is 260 g/mol. The summed E-state index contributed by atoms with van der Waals surface area (Å²) in [5.41, 5.74) is 5.66. The highest BCUT2D eigenvalue weighted by Crippen LogP contribution is 2.21. The Morgan fingerprint density at radius 3 is 2.43 bits per heavy atom. The molecule has 0 aliphatic rings. The molecule has 1 amide bonds. The molecule has 0 saturated heterocycles. The number of carbonyl (C=O) groups excluding carboxylic acids is 1. The topological polar surface area (TPSA) is 41.1 Å². The largest absolute Gasteiger partial charge is 0.381 e. The van der Waals surface area contributed by atoms with E-state index in [1.165, 1.54) is 16.8 Å². The van der Waals surface area contributed by atoms with Gasteiger partial charge in [-0.05, 0) is 42.2 Å². The standard InChI is InChI=1S/C18H22N2O/c1-4-15-7-5-6-13(2)17(15)20-12-14-8-10-16(11-9-14)18(21)19-3/h5-11,20H,4,12H2,1-3H3,(H,19,21). The smallest absolute Gasteiger partial charge is 0.251 e. The van der Waals surface area contributed by atoms with E-state index in [2.05, 4.69) is 42.7 Å². The molecule has 0 spiro atoms. The summed E-state index contributed by atoms with van der Waals surface area (Å²) in [4.78, 5) is 11.5. The fraction of sp³-hybridized carbons (Fsp3) is 0.278. The highest BCUT2D eigenvalue weighted by molar-refractivity contribution is 5.93. The maximum absolute atomic E-state index is 11.5. The molecule has 0 radical (unpaired) electrons. The molecule has 0 fully saturated rings. The number of aryl methyl sites for hydroxylation is 2. The van der Waals surface area contributed by atoms with Gasteiger partial charge in [0.1, 0.15) is 0 Å². The number of anilines is 1. The van der Waals surface area contributed by atoms with Crippen molar-refractivity contribution in [2.45, 2.75) is 26.8 Å². The first kappa shape index (κ1) is 15.1. The van der Waals surface area contributed by atoms with Gasteiger partial charge in [-0.3, -0.25) is 4.79 Å². The summed E-state index contributed by atoms with van der Waals surface area (Å²) >= 11 is 0. The van der Waals surface area contributed by atoms with E-state index in [1.54, 1.807) is 7.05 Å². The molecule has 21 heavy (non-hydrogen) atoms. The number of hydrogen-bond donors (Lipinski definition) is 2. The van der Waals surface area contributed by atoms with Crippen molar-refractivity contribution in [2.75, 3.05) is 12.4 Å². The molecule has 0 saturated carbocycles. The maximum Gasteiger partial charge on any atom is 0.251 e. The van der Waals surface area contributed by atoms with Crippen LogP contribution in [0.15, 0.2) is 42.5 Å². The molecule has 0 aliphatic carbocycles. The summed E-state index contributed by atoms with van der Waals surface area (Å²) in [7, 11) is 1.64. The SMILES string of the molecule is CCc1cccc(C)c1NCc1ccc(C(=O)NC)cc1. The quantitative estimate of drug-likeness (QED) is 0.881. The molecule has 0 unspecified atom stereocenters.